The van der Waals surface area contributed by atoms with E-state index >= 15 is 0 Å². The molecule has 0 aromatic heterocycles. The molecule has 2 heteroatoms. The molecule has 0 aliphatic carbocycles. The van der Waals surface area contributed by atoms with E-state index in [1.165, 1.54) is 51.4 Å². The smallest absolute Gasteiger partial charge is 0.243 e. The SMILES string of the molecule is CCCCCC/C=C/OC(C)(C)O/C=C/CCCCCC. The Hall–Kier alpha value is -0.920. The highest BCUT2D eigenvalue weighted by Crippen LogP contribution is 2.13. The molecule has 124 valence electrons. The summed E-state index contributed by atoms with van der Waals surface area (Å²) in [5.74, 6) is -0.583. The Kier molecular flexibility index (Phi) is 13.4. The summed E-state index contributed by atoms with van der Waals surface area (Å²) in [7, 11) is 0. The van der Waals surface area contributed by atoms with Gasteiger partial charge >= 0.3 is 0 Å². The summed E-state index contributed by atoms with van der Waals surface area (Å²) >= 11 is 0. The van der Waals surface area contributed by atoms with Gasteiger partial charge in [-0.2, -0.15) is 0 Å². The summed E-state index contributed by atoms with van der Waals surface area (Å²) in [4.78, 5) is 0. The molecular weight excluding hydrogens is 260 g/mol. The average Bonchev–Trinajstić information content (AvgIpc) is 2.45. The Balaban J connectivity index is 3.62. The van der Waals surface area contributed by atoms with Crippen LogP contribution in [-0.2, 0) is 9.47 Å². The molecule has 0 rings (SSSR count). The third kappa shape index (κ3) is 15.3. The third-order valence-electron chi connectivity index (χ3n) is 3.34. The van der Waals surface area contributed by atoms with Gasteiger partial charge in [-0.1, -0.05) is 52.4 Å². The molecule has 0 saturated heterocycles. The molecule has 0 heterocycles. The van der Waals surface area contributed by atoms with Crippen molar-refractivity contribution < 1.29 is 9.47 Å². The lowest BCUT2D eigenvalue weighted by molar-refractivity contribution is -0.143. The van der Waals surface area contributed by atoms with Gasteiger partial charge in [0.1, 0.15) is 0 Å². The monoisotopic (exact) mass is 296 g/mol. The van der Waals surface area contributed by atoms with Gasteiger partial charge in [0.05, 0.1) is 12.5 Å². The van der Waals surface area contributed by atoms with E-state index in [1.807, 2.05) is 13.8 Å². The van der Waals surface area contributed by atoms with Crippen molar-refractivity contribution >= 4 is 0 Å². The highest BCUT2D eigenvalue weighted by molar-refractivity contribution is 4.78. The van der Waals surface area contributed by atoms with E-state index in [2.05, 4.69) is 26.0 Å². The van der Waals surface area contributed by atoms with Gasteiger partial charge in [0.15, 0.2) is 0 Å². The van der Waals surface area contributed by atoms with Crippen LogP contribution in [0.3, 0.4) is 0 Å². The van der Waals surface area contributed by atoms with Crippen LogP contribution >= 0.6 is 0 Å². The summed E-state index contributed by atoms with van der Waals surface area (Å²) in [6.45, 7) is 8.35. The first-order chi connectivity index (χ1) is 10.1. The van der Waals surface area contributed by atoms with Crippen LogP contribution < -0.4 is 0 Å². The summed E-state index contributed by atoms with van der Waals surface area (Å²) < 4.78 is 11.3. The van der Waals surface area contributed by atoms with Crippen molar-refractivity contribution in [2.75, 3.05) is 0 Å². The maximum Gasteiger partial charge on any atom is 0.243 e. The van der Waals surface area contributed by atoms with Gasteiger partial charge in [-0.15, -0.1) is 0 Å². The molecule has 0 atom stereocenters. The van der Waals surface area contributed by atoms with Crippen LogP contribution in [-0.4, -0.2) is 5.79 Å². The lowest BCUT2D eigenvalue weighted by Crippen LogP contribution is -2.23. The quantitative estimate of drug-likeness (QED) is 0.201. The molecule has 0 N–H and O–H groups in total. The van der Waals surface area contributed by atoms with Gasteiger partial charge < -0.3 is 9.47 Å². The highest BCUT2D eigenvalue weighted by atomic mass is 16.7. The summed E-state index contributed by atoms with van der Waals surface area (Å²) in [5.41, 5.74) is 0. The third-order valence-corrected chi connectivity index (χ3v) is 3.34. The lowest BCUT2D eigenvalue weighted by Gasteiger charge is -2.23. The molecule has 0 aliphatic rings. The van der Waals surface area contributed by atoms with Crippen molar-refractivity contribution in [1.82, 2.24) is 0 Å². The summed E-state index contributed by atoms with van der Waals surface area (Å²) in [6.07, 6.45) is 20.2. The molecule has 0 spiro atoms. The Morgan fingerprint density at radius 3 is 1.48 bits per heavy atom. The second-order valence-electron chi connectivity index (χ2n) is 6.08. The van der Waals surface area contributed by atoms with Crippen LogP contribution in [0.5, 0.6) is 0 Å². The zero-order valence-corrected chi connectivity index (χ0v) is 14.7. The zero-order valence-electron chi connectivity index (χ0n) is 14.7. The topological polar surface area (TPSA) is 18.5 Å². The zero-order chi connectivity index (χ0) is 15.8. The van der Waals surface area contributed by atoms with E-state index in [0.29, 0.717) is 0 Å². The molecule has 0 radical (unpaired) electrons. The van der Waals surface area contributed by atoms with Gasteiger partial charge in [-0.25, -0.2) is 0 Å². The van der Waals surface area contributed by atoms with Gasteiger partial charge in [-0.3, -0.25) is 0 Å². The van der Waals surface area contributed by atoms with Crippen molar-refractivity contribution in [2.24, 2.45) is 0 Å². The van der Waals surface area contributed by atoms with E-state index in [1.54, 1.807) is 12.5 Å². The Bertz CT molecular complexity index is 241. The van der Waals surface area contributed by atoms with Crippen LogP contribution in [0.2, 0.25) is 0 Å². The van der Waals surface area contributed by atoms with E-state index in [0.717, 1.165) is 12.8 Å². The van der Waals surface area contributed by atoms with E-state index in [9.17, 15) is 0 Å². The van der Waals surface area contributed by atoms with Crippen LogP contribution in [0, 0.1) is 0 Å². The fraction of sp³-hybridized carbons (Fsp3) is 0.789. The Labute approximate surface area is 132 Å². The Morgan fingerprint density at radius 2 is 1.10 bits per heavy atom. The molecule has 0 aromatic rings. The Morgan fingerprint density at radius 1 is 0.667 bits per heavy atom. The van der Waals surface area contributed by atoms with Crippen molar-refractivity contribution in [3.8, 4) is 0 Å². The minimum absolute atomic E-state index is 0.583. The molecule has 0 saturated carbocycles. The lowest BCUT2D eigenvalue weighted by atomic mass is 10.1. The number of hydrogen-bond donors (Lipinski definition) is 0. The van der Waals surface area contributed by atoms with Crippen molar-refractivity contribution in [1.29, 1.82) is 0 Å². The van der Waals surface area contributed by atoms with Gasteiger partial charge in [-0.05, 0) is 37.8 Å². The molecule has 0 aliphatic heterocycles. The fourth-order valence-electron chi connectivity index (χ4n) is 1.97. The second-order valence-corrected chi connectivity index (χ2v) is 6.08. The molecule has 21 heavy (non-hydrogen) atoms. The first kappa shape index (κ1) is 20.1. The predicted molar refractivity (Wildman–Crippen MR) is 92.0 cm³/mol. The van der Waals surface area contributed by atoms with Crippen LogP contribution in [0.4, 0.5) is 0 Å². The number of hydrogen-bond acceptors (Lipinski definition) is 2. The summed E-state index contributed by atoms with van der Waals surface area (Å²) in [6, 6.07) is 0. The maximum atomic E-state index is 5.63. The number of rotatable bonds is 14. The first-order valence-corrected chi connectivity index (χ1v) is 8.78. The number of unbranched alkanes of at least 4 members (excludes halogenated alkanes) is 8. The van der Waals surface area contributed by atoms with Gasteiger partial charge in [0.25, 0.3) is 0 Å². The van der Waals surface area contributed by atoms with Crippen molar-refractivity contribution in [2.45, 2.75) is 97.7 Å². The minimum Gasteiger partial charge on any atom is -0.461 e. The maximum absolute atomic E-state index is 5.63. The van der Waals surface area contributed by atoms with Gasteiger partial charge in [0.2, 0.25) is 5.79 Å². The highest BCUT2D eigenvalue weighted by Gasteiger charge is 2.16. The normalized spacial score (nSPS) is 12.4. The molecule has 0 amide bonds. The van der Waals surface area contributed by atoms with E-state index < -0.39 is 5.79 Å². The van der Waals surface area contributed by atoms with Crippen molar-refractivity contribution in [3.63, 3.8) is 0 Å². The standard InChI is InChI=1S/C19H36O2/c1-5-7-9-11-13-15-17-20-19(3,4)21-18-16-14-12-10-8-6-2/h15-18H,5-14H2,1-4H3/b17-15+,18-16+. The van der Waals surface area contributed by atoms with E-state index in [-0.39, 0.29) is 0 Å². The van der Waals surface area contributed by atoms with Crippen LogP contribution in [0.25, 0.3) is 0 Å². The first-order valence-electron chi connectivity index (χ1n) is 8.78. The minimum atomic E-state index is -0.583. The molecule has 0 aromatic carbocycles. The average molecular weight is 296 g/mol. The van der Waals surface area contributed by atoms with Gasteiger partial charge in [0, 0.05) is 13.8 Å². The van der Waals surface area contributed by atoms with E-state index in [4.69, 9.17) is 9.47 Å². The molecule has 0 bridgehead atoms. The van der Waals surface area contributed by atoms with Crippen molar-refractivity contribution in [3.05, 3.63) is 24.7 Å². The second kappa shape index (κ2) is 14.0. The molecule has 0 unspecified atom stereocenters. The number of allylic oxidation sites excluding steroid dienone is 2. The predicted octanol–water partition coefficient (Wildman–Crippen LogP) is 6.72. The molecular formula is C19H36O2. The van der Waals surface area contributed by atoms with Crippen LogP contribution in [0.1, 0.15) is 91.9 Å². The van der Waals surface area contributed by atoms with Crippen LogP contribution in [0.15, 0.2) is 24.7 Å². The number of ether oxygens (including phenoxy) is 2. The largest absolute Gasteiger partial charge is 0.461 e. The molecule has 0 fully saturated rings. The summed E-state index contributed by atoms with van der Waals surface area (Å²) in [5, 5.41) is 0. The fourth-order valence-corrected chi connectivity index (χ4v) is 1.97. The molecule has 2 nitrogen and oxygen atoms in total.